The van der Waals surface area contributed by atoms with Crippen molar-refractivity contribution < 1.29 is 9.53 Å². The van der Waals surface area contributed by atoms with Crippen molar-refractivity contribution in [3.63, 3.8) is 0 Å². The summed E-state index contributed by atoms with van der Waals surface area (Å²) in [6.07, 6.45) is 5.90. The van der Waals surface area contributed by atoms with Crippen molar-refractivity contribution in [3.8, 4) is 5.75 Å². The van der Waals surface area contributed by atoms with Crippen LogP contribution in [0.5, 0.6) is 5.75 Å². The fraction of sp³-hybridized carbons (Fsp3) is 0.407. The molecule has 1 saturated heterocycles. The first-order chi connectivity index (χ1) is 18.0. The Bertz CT molecular complexity index is 1210. The molecule has 1 amide bonds. The molecule has 9 nitrogen and oxygen atoms in total. The predicted molar refractivity (Wildman–Crippen MR) is 149 cm³/mol. The molecule has 5 N–H and O–H groups in total. The molecular weight excluding hydrogens is 486 g/mol. The highest BCUT2D eigenvalue weighted by atomic mass is 32.2. The molecule has 2 unspecified atom stereocenters. The molecule has 1 aliphatic carbocycles. The lowest BCUT2D eigenvalue weighted by atomic mass is 9.91. The number of primary amides is 1. The number of hydrogen-bond donors (Lipinski definition) is 3. The molecule has 10 heteroatoms. The molecule has 196 valence electrons. The molecule has 5 rings (SSSR count). The van der Waals surface area contributed by atoms with E-state index >= 15 is 0 Å². The van der Waals surface area contributed by atoms with Crippen molar-refractivity contribution in [2.24, 2.45) is 11.5 Å². The summed E-state index contributed by atoms with van der Waals surface area (Å²) in [6, 6.07) is 16.5. The lowest BCUT2D eigenvalue weighted by molar-refractivity contribution is 0.100. The van der Waals surface area contributed by atoms with Crippen molar-refractivity contribution in [1.29, 1.82) is 0 Å². The molecule has 2 heterocycles. The number of rotatable bonds is 8. The second-order valence-electron chi connectivity index (χ2n) is 9.61. The fourth-order valence-corrected chi connectivity index (χ4v) is 5.93. The number of hydrogen-bond acceptors (Lipinski definition) is 8. The number of methoxy groups -OCH3 is 1. The van der Waals surface area contributed by atoms with Gasteiger partial charge in [0.1, 0.15) is 11.3 Å². The van der Waals surface area contributed by atoms with Crippen LogP contribution in [0.15, 0.2) is 59.6 Å². The molecule has 0 spiro atoms. The Kier molecular flexibility index (Phi) is 7.87. The summed E-state index contributed by atoms with van der Waals surface area (Å²) in [7, 11) is 1.70. The average Bonchev–Trinajstić information content (AvgIpc) is 3.34. The van der Waals surface area contributed by atoms with Crippen LogP contribution in [0.25, 0.3) is 0 Å². The van der Waals surface area contributed by atoms with Crippen LogP contribution >= 0.6 is 11.9 Å². The third-order valence-corrected chi connectivity index (χ3v) is 8.23. The van der Waals surface area contributed by atoms with Gasteiger partial charge in [-0.05, 0) is 61.2 Å². The van der Waals surface area contributed by atoms with Crippen molar-refractivity contribution in [1.82, 2.24) is 14.1 Å². The van der Waals surface area contributed by atoms with Crippen LogP contribution in [-0.2, 0) is 0 Å². The van der Waals surface area contributed by atoms with E-state index in [1.807, 2.05) is 28.9 Å². The van der Waals surface area contributed by atoms with E-state index in [0.29, 0.717) is 11.4 Å². The molecule has 1 aliphatic heterocycles. The molecular formula is C27H35N7O2S. The van der Waals surface area contributed by atoms with Gasteiger partial charge in [0.15, 0.2) is 5.82 Å². The van der Waals surface area contributed by atoms with Gasteiger partial charge in [0, 0.05) is 60.8 Å². The van der Waals surface area contributed by atoms with Crippen LogP contribution in [0.1, 0.15) is 42.1 Å². The number of ether oxygens (including phenoxy) is 1. The minimum atomic E-state index is -0.501. The predicted octanol–water partition coefficient (Wildman–Crippen LogP) is 4.01. The van der Waals surface area contributed by atoms with E-state index < -0.39 is 5.91 Å². The molecule has 1 aromatic heterocycles. The Morgan fingerprint density at radius 1 is 1.08 bits per heavy atom. The minimum absolute atomic E-state index is 0.0379. The monoisotopic (exact) mass is 521 g/mol. The Balaban J connectivity index is 1.19. The smallest absolute Gasteiger partial charge is 0.254 e. The van der Waals surface area contributed by atoms with Crippen molar-refractivity contribution in [2.45, 2.75) is 42.7 Å². The molecule has 2 fully saturated rings. The van der Waals surface area contributed by atoms with Gasteiger partial charge in [-0.3, -0.25) is 9.48 Å². The summed E-state index contributed by atoms with van der Waals surface area (Å²) in [6.45, 7) is 3.85. The second-order valence-corrected chi connectivity index (χ2v) is 10.8. The number of anilines is 3. The maximum Gasteiger partial charge on any atom is 0.254 e. The van der Waals surface area contributed by atoms with Gasteiger partial charge >= 0.3 is 0 Å². The second kappa shape index (κ2) is 11.5. The van der Waals surface area contributed by atoms with E-state index in [2.05, 4.69) is 43.9 Å². The molecule has 0 radical (unpaired) electrons. The average molecular weight is 522 g/mol. The first kappa shape index (κ1) is 25.4. The SMILES string of the molecule is COc1cccc(N2CCN(Sc3ccc(Nc4nn(C5CCCCC5N)cc4C(N)=O)cc3)CC2)c1. The normalized spacial score (nSPS) is 20.5. The Morgan fingerprint density at radius 2 is 1.84 bits per heavy atom. The fourth-order valence-electron chi connectivity index (χ4n) is 5.03. The summed E-state index contributed by atoms with van der Waals surface area (Å²) < 4.78 is 9.57. The highest BCUT2D eigenvalue weighted by Crippen LogP contribution is 2.31. The Morgan fingerprint density at radius 3 is 2.54 bits per heavy atom. The van der Waals surface area contributed by atoms with Crippen LogP contribution in [0.3, 0.4) is 0 Å². The summed E-state index contributed by atoms with van der Waals surface area (Å²) in [5, 5.41) is 7.94. The maximum atomic E-state index is 12.1. The molecule has 3 aromatic rings. The van der Waals surface area contributed by atoms with Crippen LogP contribution in [0.4, 0.5) is 17.2 Å². The molecule has 2 aromatic carbocycles. The number of benzene rings is 2. The topological polar surface area (TPSA) is 115 Å². The van der Waals surface area contributed by atoms with E-state index in [4.69, 9.17) is 16.2 Å². The van der Waals surface area contributed by atoms with Crippen LogP contribution in [0, 0.1) is 0 Å². The van der Waals surface area contributed by atoms with Gasteiger partial charge in [-0.1, -0.05) is 18.9 Å². The van der Waals surface area contributed by atoms with Crippen LogP contribution < -0.4 is 26.4 Å². The van der Waals surface area contributed by atoms with E-state index in [1.54, 1.807) is 25.3 Å². The van der Waals surface area contributed by atoms with Crippen molar-refractivity contribution in [2.75, 3.05) is 43.5 Å². The summed E-state index contributed by atoms with van der Waals surface area (Å²) in [5.41, 5.74) is 14.4. The zero-order valence-corrected chi connectivity index (χ0v) is 22.0. The Labute approximate surface area is 222 Å². The number of piperazine rings is 1. The van der Waals surface area contributed by atoms with Crippen LogP contribution in [-0.4, -0.2) is 59.3 Å². The van der Waals surface area contributed by atoms with Gasteiger partial charge in [0.25, 0.3) is 5.91 Å². The third kappa shape index (κ3) is 6.03. The van der Waals surface area contributed by atoms with Gasteiger partial charge < -0.3 is 26.4 Å². The van der Waals surface area contributed by atoms with Gasteiger partial charge in [0.2, 0.25) is 0 Å². The quantitative estimate of drug-likeness (QED) is 0.381. The molecule has 2 aliphatic rings. The van der Waals surface area contributed by atoms with E-state index in [9.17, 15) is 4.79 Å². The first-order valence-corrected chi connectivity index (χ1v) is 13.6. The van der Waals surface area contributed by atoms with Crippen molar-refractivity contribution >= 4 is 35.0 Å². The van der Waals surface area contributed by atoms with Gasteiger partial charge in [-0.2, -0.15) is 5.10 Å². The van der Waals surface area contributed by atoms with E-state index in [1.165, 1.54) is 5.69 Å². The summed E-state index contributed by atoms with van der Waals surface area (Å²) in [5.74, 6) is 0.855. The summed E-state index contributed by atoms with van der Waals surface area (Å²) >= 11 is 1.76. The van der Waals surface area contributed by atoms with E-state index in [0.717, 1.165) is 68.2 Å². The number of carbonyl (C=O) groups is 1. The molecule has 37 heavy (non-hydrogen) atoms. The minimum Gasteiger partial charge on any atom is -0.497 e. The zero-order valence-electron chi connectivity index (χ0n) is 21.2. The third-order valence-electron chi connectivity index (χ3n) is 7.13. The van der Waals surface area contributed by atoms with Gasteiger partial charge in [0.05, 0.1) is 13.2 Å². The van der Waals surface area contributed by atoms with E-state index in [-0.39, 0.29) is 12.1 Å². The number of carbonyl (C=O) groups excluding carboxylic acids is 1. The maximum absolute atomic E-state index is 12.1. The number of amides is 1. The molecule has 2 atom stereocenters. The largest absolute Gasteiger partial charge is 0.497 e. The highest BCUT2D eigenvalue weighted by molar-refractivity contribution is 7.97. The lowest BCUT2D eigenvalue weighted by Crippen LogP contribution is -2.43. The highest BCUT2D eigenvalue weighted by Gasteiger charge is 2.26. The number of nitrogens with zero attached hydrogens (tertiary/aromatic N) is 4. The number of aromatic nitrogens is 2. The zero-order chi connectivity index (χ0) is 25.8. The van der Waals surface area contributed by atoms with Crippen LogP contribution in [0.2, 0.25) is 0 Å². The number of nitrogens with one attached hydrogen (secondary N) is 1. The Hall–Kier alpha value is -3.21. The van der Waals surface area contributed by atoms with Gasteiger partial charge in [-0.25, -0.2) is 4.31 Å². The van der Waals surface area contributed by atoms with Crippen molar-refractivity contribution in [3.05, 3.63) is 60.3 Å². The standard InChI is InChI=1S/C27H35N7O2S/c1-36-21-6-4-5-20(17-21)32-13-15-33(16-14-32)37-22-11-9-19(10-12-22)30-27-23(26(29)35)18-34(31-27)25-8-3-2-7-24(25)28/h4-6,9-12,17-18,24-25H,2-3,7-8,13-16,28H2,1H3,(H2,29,35)(H,30,31). The molecule has 1 saturated carbocycles. The van der Waals surface area contributed by atoms with Gasteiger partial charge in [-0.15, -0.1) is 0 Å². The lowest BCUT2D eigenvalue weighted by Gasteiger charge is -2.35. The first-order valence-electron chi connectivity index (χ1n) is 12.8. The summed E-state index contributed by atoms with van der Waals surface area (Å²) in [4.78, 5) is 15.6. The number of nitrogens with two attached hydrogens (primary N) is 2. The molecule has 0 bridgehead atoms.